The molecular formula is C95H159N11O34S3. The SMILES string of the molecule is CCC(CO)OC(CO)OC.CCC(CO)OC(COC(=O)NCCC(=O)NC(C(=O)Oc1ccc(C[C@@H](C[C@H](C)C(=O)O)NC(=O)c2csc([C@@H](C[C@H](C(C)C)N(COC(=O)CC(C)C)C(=O)[C@@H](NC(=O)[C@H]3CCCCN3C)[C@@H](C)CC)OC(C)=O)n2)cc1)C(C)C)OC.CCC(CO)OC(COC(=O)NCCC(=O)NCCSSc1ccccn1)OC.CCC(CO)OC(COC(=O)NCCC(=O)O)OC. The summed E-state index contributed by atoms with van der Waals surface area (Å²) >= 11 is 1.05. The summed E-state index contributed by atoms with van der Waals surface area (Å²) in [6.07, 6.45) is -0.684. The van der Waals surface area contributed by atoms with Crippen molar-refractivity contribution < 1.29 is 164 Å². The highest BCUT2D eigenvalue weighted by Crippen LogP contribution is 2.33. The number of likely N-dealkylation sites (N-methyl/N-ethyl adjacent to an activating group) is 1. The standard InChI is InChI=1S/C59H93N7O17S.C18H29N3O6S2.C11H21NO7.C7H16O4/c1-14-37(9)52(64-54(72)45-18-16-17-25-65(45)12)56(73)66(33-80-49(70)26-34(3)4)46(35(5)6)29-47(81-39(11)68)55-62-44(32-84-55)53(71)61-41(27-38(10)57(74)75)28-40-19-21-43(22-20-40)83-58(76)51(36(7)8)63-48(69)23-24-60-59(77)79-31-50(78-13)82-42(15-2)30-67;1-3-14(12-22)27-17(25-2)13-26-18(24)21-9-7-15(23)19-10-11-28-29-16-6-4-5-8-20-16;1-3-8(6-13)19-10(17-2)7-18-11(16)12-5-4-9(14)15;1-3-6(4-8)11-7(5-9)10-2/h19-22,32,34-38,41-42,45-47,50-52,67H,14-18,23-31,33H2,1-13H3,(H,60,77)(H,61,71)(H,63,69)(H,64,72)(H,74,75);4-6,8,14,17,22H,3,7,9-13H2,1-2H3,(H,19,23)(H,21,24);8,10,13H,3-7H2,1-2H3,(H,12,16)(H,14,15);6-9H,3-5H2,1-2H3/t37-,38-,41+,42?,45+,46+,47+,50?,51?,52-;;;/m0.../s1. The number of methoxy groups -OCH3 is 4. The van der Waals surface area contributed by atoms with Crippen LogP contribution in [-0.4, -0.2) is 347 Å². The van der Waals surface area contributed by atoms with Gasteiger partial charge in [0.05, 0.1) is 75.8 Å². The number of aliphatic carboxylic acids is 2. The van der Waals surface area contributed by atoms with Crippen LogP contribution >= 0.6 is 32.9 Å². The normalized spacial score (nSPS) is 15.6. The minimum Gasteiger partial charge on any atom is -0.481 e. The number of pyridine rings is 1. The summed E-state index contributed by atoms with van der Waals surface area (Å²) in [5, 5.41) is 84.3. The third-order valence-electron chi connectivity index (χ3n) is 21.7. The monoisotopic (exact) mass is 2090 g/mol. The van der Waals surface area contributed by atoms with Crippen LogP contribution in [0.25, 0.3) is 0 Å². The molecule has 45 nitrogen and oxygen atoms in total. The summed E-state index contributed by atoms with van der Waals surface area (Å²) < 4.78 is 73.5. The van der Waals surface area contributed by atoms with Crippen molar-refractivity contribution in [3.63, 3.8) is 0 Å². The number of carboxylic acid groups (broad SMARTS) is 2. The zero-order valence-corrected chi connectivity index (χ0v) is 88.5. The highest BCUT2D eigenvalue weighted by atomic mass is 33.1. The average Bonchev–Trinajstić information content (AvgIpc) is 1.75. The maximum Gasteiger partial charge on any atom is 0.407 e. The molecule has 0 spiro atoms. The van der Waals surface area contributed by atoms with Crippen molar-refractivity contribution in [1.29, 1.82) is 0 Å². The third kappa shape index (κ3) is 57.4. The number of carbonyl (C=O) groups is 13. The van der Waals surface area contributed by atoms with Crippen LogP contribution < -0.4 is 42.0 Å². The van der Waals surface area contributed by atoms with Gasteiger partial charge in [-0.15, -0.1) is 11.3 Å². The van der Waals surface area contributed by atoms with Crippen LogP contribution in [0.1, 0.15) is 214 Å². The summed E-state index contributed by atoms with van der Waals surface area (Å²) in [6.45, 7) is 24.5. The van der Waals surface area contributed by atoms with Crippen LogP contribution in [0, 0.1) is 29.6 Å². The molecule has 14 N–H and O–H groups in total. The smallest absolute Gasteiger partial charge is 0.407 e. The molecule has 9 unspecified atom stereocenters. The second-order valence-electron chi connectivity index (χ2n) is 34.2. The van der Waals surface area contributed by atoms with Crippen molar-refractivity contribution in [2.24, 2.45) is 29.6 Å². The molecule has 48 heteroatoms. The van der Waals surface area contributed by atoms with Gasteiger partial charge in [0.15, 0.2) is 38.0 Å². The van der Waals surface area contributed by atoms with E-state index >= 15 is 0 Å². The molecule has 0 radical (unpaired) electrons. The maximum absolute atomic E-state index is 15.0. The van der Waals surface area contributed by atoms with Crippen molar-refractivity contribution in [1.82, 2.24) is 57.0 Å². The summed E-state index contributed by atoms with van der Waals surface area (Å²) in [5.41, 5.74) is 0.608. The van der Waals surface area contributed by atoms with Crippen LogP contribution in [0.15, 0.2) is 59.1 Å². The van der Waals surface area contributed by atoms with E-state index in [-0.39, 0.29) is 182 Å². The summed E-state index contributed by atoms with van der Waals surface area (Å²) in [6, 6.07) is 8.12. The first kappa shape index (κ1) is 132. The number of likely N-dealkylation sites (tertiary alicyclic amines) is 1. The number of ether oxygens (including phenoxy) is 14. The largest absolute Gasteiger partial charge is 0.481 e. The van der Waals surface area contributed by atoms with Gasteiger partial charge in [-0.05, 0) is 129 Å². The maximum atomic E-state index is 15.0. The molecule has 4 rings (SSSR count). The first-order valence-electron chi connectivity index (χ1n) is 48.0. The van der Waals surface area contributed by atoms with E-state index in [0.29, 0.717) is 50.6 Å². The van der Waals surface area contributed by atoms with Crippen LogP contribution in [-0.2, 0) is 111 Å². The number of hydrogen-bond acceptors (Lipinski definition) is 38. The molecule has 8 amide bonds. The number of carboxylic acids is 2. The fraction of sp³-hybridized carbons (Fsp3) is 0.716. The number of hydrogen-bond donors (Lipinski definition) is 14. The van der Waals surface area contributed by atoms with Gasteiger partial charge in [0.2, 0.25) is 23.6 Å². The van der Waals surface area contributed by atoms with Gasteiger partial charge in [-0.2, -0.15) is 0 Å². The Bertz CT molecular complexity index is 4070. The van der Waals surface area contributed by atoms with Crippen molar-refractivity contribution in [3.05, 3.63) is 70.3 Å². The Morgan fingerprint density at radius 3 is 1.53 bits per heavy atom. The molecule has 1 aromatic carbocycles. The Balaban J connectivity index is 0.00000138. The van der Waals surface area contributed by atoms with E-state index in [1.54, 1.807) is 53.8 Å². The number of aromatic nitrogens is 2. The van der Waals surface area contributed by atoms with Crippen molar-refractivity contribution in [2.45, 2.75) is 284 Å². The highest BCUT2D eigenvalue weighted by molar-refractivity contribution is 8.76. The fourth-order valence-corrected chi connectivity index (χ4v) is 15.6. The zero-order chi connectivity index (χ0) is 107. The van der Waals surface area contributed by atoms with Gasteiger partial charge in [-0.25, -0.2) is 29.1 Å². The Morgan fingerprint density at radius 2 is 1.09 bits per heavy atom. The van der Waals surface area contributed by atoms with E-state index < -0.39 is 152 Å². The van der Waals surface area contributed by atoms with E-state index in [4.69, 9.17) is 91.8 Å². The van der Waals surface area contributed by atoms with E-state index in [2.05, 4.69) is 47.2 Å². The topological polar surface area (TPSA) is 609 Å². The molecule has 0 saturated carbocycles. The van der Waals surface area contributed by atoms with Gasteiger partial charge in [0, 0.05) is 117 Å². The van der Waals surface area contributed by atoms with Gasteiger partial charge in [0.1, 0.15) is 53.4 Å². The van der Waals surface area contributed by atoms with Crippen LogP contribution in [0.5, 0.6) is 5.75 Å². The molecule has 1 aliphatic heterocycles. The number of nitrogens with zero attached hydrogens (tertiary/aromatic N) is 4. The minimum absolute atomic E-state index is 0.0130. The molecule has 0 aliphatic carbocycles. The number of thiazole rings is 1. The lowest BCUT2D eigenvalue weighted by Crippen LogP contribution is -2.59. The molecule has 1 aliphatic rings. The van der Waals surface area contributed by atoms with E-state index in [1.165, 1.54) is 64.7 Å². The molecule has 0 bridgehead atoms. The first-order chi connectivity index (χ1) is 68.1. The lowest BCUT2D eigenvalue weighted by atomic mass is 9.92. The lowest BCUT2D eigenvalue weighted by Gasteiger charge is -2.39. The Morgan fingerprint density at radius 1 is 0.573 bits per heavy atom. The van der Waals surface area contributed by atoms with E-state index in [9.17, 15) is 72.5 Å². The quantitative estimate of drug-likeness (QED) is 0.00652. The number of nitrogens with one attached hydrogen (secondary N) is 7. The molecule has 3 heterocycles. The zero-order valence-electron chi connectivity index (χ0n) is 86.0. The second-order valence-corrected chi connectivity index (χ2v) is 37.5. The number of esters is 3. The Hall–Kier alpha value is -9.35. The summed E-state index contributed by atoms with van der Waals surface area (Å²) in [4.78, 5) is 176. The lowest BCUT2D eigenvalue weighted by molar-refractivity contribution is -0.181. The van der Waals surface area contributed by atoms with Gasteiger partial charge in [-0.3, -0.25) is 48.1 Å². The second kappa shape index (κ2) is 77.1. The molecule has 816 valence electrons. The van der Waals surface area contributed by atoms with Gasteiger partial charge in [0.25, 0.3) is 5.91 Å². The fourth-order valence-electron chi connectivity index (χ4n) is 13.0. The third-order valence-corrected chi connectivity index (χ3v) is 24.9. The molecule has 1 saturated heterocycles. The number of aliphatic hydroxyl groups is 5. The Labute approximate surface area is 850 Å². The summed E-state index contributed by atoms with van der Waals surface area (Å²) in [7, 11) is 10.7. The van der Waals surface area contributed by atoms with Crippen LogP contribution in [0.2, 0.25) is 0 Å². The molecule has 1 fully saturated rings. The van der Waals surface area contributed by atoms with Crippen LogP contribution in [0.3, 0.4) is 0 Å². The molecule has 3 aromatic rings. The highest BCUT2D eigenvalue weighted by Gasteiger charge is 2.41. The van der Waals surface area contributed by atoms with Gasteiger partial charge < -0.3 is 144 Å². The molecular weight excluding hydrogens is 1940 g/mol. The number of alkyl carbamates (subject to hydrolysis) is 3. The predicted molar refractivity (Wildman–Crippen MR) is 528 cm³/mol. The molecule has 143 heavy (non-hydrogen) atoms. The van der Waals surface area contributed by atoms with E-state index in [0.717, 1.165) is 41.5 Å². The number of amides is 8. The molecule has 2 aromatic heterocycles. The van der Waals surface area contributed by atoms with Crippen LogP contribution in [0.4, 0.5) is 14.4 Å². The van der Waals surface area contributed by atoms with Gasteiger partial charge in [-0.1, -0.05) is 132 Å². The average molecular weight is 2100 g/mol. The van der Waals surface area contributed by atoms with Crippen molar-refractivity contribution in [2.75, 3.05) is 134 Å². The first-order valence-corrected chi connectivity index (χ1v) is 51.2. The number of carbonyl (C=O) groups excluding carboxylic acids is 11. The predicted octanol–water partition coefficient (Wildman–Crippen LogP) is 7.43. The number of piperidine rings is 1. The van der Waals surface area contributed by atoms with E-state index in [1.807, 2.05) is 99.4 Å². The number of rotatable bonds is 67. The Kier molecular flexibility index (Phi) is 71.0. The van der Waals surface area contributed by atoms with Crippen molar-refractivity contribution >= 4 is 111 Å². The van der Waals surface area contributed by atoms with Gasteiger partial charge >= 0.3 is 48.1 Å². The minimum atomic E-state index is -1.09. The number of benzene rings is 1. The summed E-state index contributed by atoms with van der Waals surface area (Å²) in [5.74, 6) is -7.13. The number of aliphatic hydroxyl groups excluding tert-OH is 5. The molecule has 16 atom stereocenters. The van der Waals surface area contributed by atoms with Crippen molar-refractivity contribution in [3.8, 4) is 5.75 Å².